The first kappa shape index (κ1) is 24.0. The van der Waals surface area contributed by atoms with Gasteiger partial charge in [-0.15, -0.1) is 29.7 Å². The molecular weight excluding hydrogens is 432 g/mol. The van der Waals surface area contributed by atoms with Crippen molar-refractivity contribution in [3.63, 3.8) is 0 Å². The van der Waals surface area contributed by atoms with Crippen molar-refractivity contribution in [2.45, 2.75) is 34.6 Å². The fraction of sp³-hybridized carbons (Fsp3) is 0.385. The zero-order chi connectivity index (χ0) is 15.1. The van der Waals surface area contributed by atoms with E-state index in [-0.39, 0.29) is 65.4 Å². The van der Waals surface area contributed by atoms with E-state index in [4.69, 9.17) is 5.73 Å². The molecule has 2 N–H and O–H groups in total. The zero-order valence-corrected chi connectivity index (χ0v) is 19.1. The van der Waals surface area contributed by atoms with Crippen LogP contribution in [0.5, 0.6) is 0 Å². The standard InChI is InChI=1S/C7H9N3.C6H8N4.2Y/c1-4-7(3)10-5-6(2)8-9-10;1-3-6(7)10-4-5(2)8-9-10;;/h1-3H3;7H2,1-2H3;;/q2*-2;;. The van der Waals surface area contributed by atoms with Gasteiger partial charge in [-0.05, 0) is 25.2 Å². The van der Waals surface area contributed by atoms with Crippen molar-refractivity contribution >= 4 is 11.5 Å². The van der Waals surface area contributed by atoms with Gasteiger partial charge >= 0.3 is 0 Å². The molecule has 2 rings (SSSR count). The topological polar surface area (TPSA) is 87.4 Å². The van der Waals surface area contributed by atoms with E-state index in [9.17, 15) is 0 Å². The summed E-state index contributed by atoms with van der Waals surface area (Å²) >= 11 is 0. The molecule has 0 bridgehead atoms. The molecule has 0 aliphatic carbocycles. The molecule has 0 aromatic carbocycles. The fourth-order valence-corrected chi connectivity index (χ4v) is 1.09. The molecule has 0 amide bonds. The number of nitrogens with zero attached hydrogens (tertiary/aromatic N) is 6. The predicted molar refractivity (Wildman–Crippen MR) is 74.3 cm³/mol. The second kappa shape index (κ2) is 12.2. The van der Waals surface area contributed by atoms with Crippen LogP contribution < -0.4 is 5.73 Å². The van der Waals surface area contributed by atoms with Gasteiger partial charge in [0.1, 0.15) is 0 Å². The van der Waals surface area contributed by atoms with Gasteiger partial charge in [-0.2, -0.15) is 10.2 Å². The van der Waals surface area contributed by atoms with Crippen LogP contribution >= 0.6 is 0 Å². The van der Waals surface area contributed by atoms with Gasteiger partial charge in [-0.1, -0.05) is 0 Å². The van der Waals surface area contributed by atoms with Crippen LogP contribution in [0.15, 0.2) is 0 Å². The van der Waals surface area contributed by atoms with Crippen molar-refractivity contribution in [3.8, 4) is 0 Å². The third-order valence-corrected chi connectivity index (χ3v) is 2.27. The van der Waals surface area contributed by atoms with Gasteiger partial charge in [0.05, 0.1) is 0 Å². The van der Waals surface area contributed by atoms with Gasteiger partial charge in [-0.3, -0.25) is 5.70 Å². The summed E-state index contributed by atoms with van der Waals surface area (Å²) in [5, 5.41) is 15.0. The number of nitrogens with two attached hydrogens (primary N) is 1. The molecule has 2 heterocycles. The molecule has 0 saturated heterocycles. The van der Waals surface area contributed by atoms with E-state index in [2.05, 4.69) is 45.2 Å². The smallest absolute Gasteiger partial charge is 0 e. The maximum absolute atomic E-state index is 5.44. The van der Waals surface area contributed by atoms with E-state index in [1.165, 1.54) is 4.68 Å². The van der Waals surface area contributed by atoms with E-state index in [1.54, 1.807) is 18.5 Å². The molecule has 0 atom stereocenters. The van der Waals surface area contributed by atoms with Gasteiger partial charge < -0.3 is 27.2 Å². The van der Waals surface area contributed by atoms with E-state index < -0.39 is 0 Å². The summed E-state index contributed by atoms with van der Waals surface area (Å²) in [5.41, 5.74) is 7.88. The monoisotopic (exact) mass is 449 g/mol. The van der Waals surface area contributed by atoms with Crippen molar-refractivity contribution in [1.29, 1.82) is 0 Å². The molecule has 0 saturated carbocycles. The van der Waals surface area contributed by atoms with Crippen LogP contribution in [0.1, 0.15) is 32.2 Å². The molecule has 0 aliphatic rings. The Balaban J connectivity index is 0. The van der Waals surface area contributed by atoms with E-state index in [0.717, 1.165) is 17.1 Å². The molecular formula is C13H17N7Y2-4. The van der Waals surface area contributed by atoms with Crippen LogP contribution in [-0.4, -0.2) is 30.0 Å². The average molecular weight is 449 g/mol. The van der Waals surface area contributed by atoms with Gasteiger partial charge in [-0.25, -0.2) is 19.7 Å². The molecule has 0 aliphatic heterocycles. The average Bonchev–Trinajstić information content (AvgIpc) is 3.06. The Kier molecular flexibility index (Phi) is 13.3. The van der Waals surface area contributed by atoms with Gasteiger partial charge in [0.15, 0.2) is 0 Å². The van der Waals surface area contributed by atoms with Gasteiger partial charge in [0.25, 0.3) is 0 Å². The van der Waals surface area contributed by atoms with E-state index in [0.29, 0.717) is 5.82 Å². The molecule has 9 heteroatoms. The molecule has 7 nitrogen and oxygen atoms in total. The second-order valence-electron chi connectivity index (χ2n) is 3.87. The second-order valence-corrected chi connectivity index (χ2v) is 3.87. The molecule has 22 heavy (non-hydrogen) atoms. The number of aromatic nitrogens is 6. The maximum Gasteiger partial charge on any atom is 0 e. The Morgan fingerprint density at radius 2 is 1.41 bits per heavy atom. The normalized spacial score (nSPS) is 11.0. The molecule has 2 aromatic heterocycles. The predicted octanol–water partition coefficient (Wildman–Crippen LogP) is 1.03. The summed E-state index contributed by atoms with van der Waals surface area (Å²) < 4.78 is 2.94. The quantitative estimate of drug-likeness (QED) is 0.693. The Morgan fingerprint density at radius 1 is 0.955 bits per heavy atom. The Labute approximate surface area is 181 Å². The number of hydrogen-bond donors (Lipinski definition) is 1. The minimum atomic E-state index is 0. The summed E-state index contributed by atoms with van der Waals surface area (Å²) in [7, 11) is 0. The first-order valence-corrected chi connectivity index (χ1v) is 5.93. The molecule has 114 valence electrons. The van der Waals surface area contributed by atoms with Crippen LogP contribution in [0.4, 0.5) is 0 Å². The summed E-state index contributed by atoms with van der Waals surface area (Å²) in [6.45, 7) is 9.10. The largest absolute Gasteiger partial charge is 0.583 e. The molecule has 0 unspecified atom stereocenters. The molecule has 2 radical (unpaired) electrons. The van der Waals surface area contributed by atoms with Gasteiger partial charge in [0, 0.05) is 65.4 Å². The minimum absolute atomic E-state index is 0. The minimum Gasteiger partial charge on any atom is -0.583 e. The summed E-state index contributed by atoms with van der Waals surface area (Å²) in [4.78, 5) is 0. The van der Waals surface area contributed by atoms with Crippen LogP contribution in [0, 0.1) is 38.4 Å². The van der Waals surface area contributed by atoms with Crippen molar-refractivity contribution in [2.24, 2.45) is 5.73 Å². The number of allylic oxidation sites excluding steroid dienone is 3. The summed E-state index contributed by atoms with van der Waals surface area (Å²) in [6, 6.07) is 0. The number of aryl methyl sites for hydroxylation is 2. The van der Waals surface area contributed by atoms with Crippen molar-refractivity contribution < 1.29 is 65.4 Å². The molecule has 2 aromatic rings. The maximum atomic E-state index is 5.44. The van der Waals surface area contributed by atoms with Gasteiger partial charge in [0.2, 0.25) is 0 Å². The Bertz CT molecular complexity index is 559. The summed E-state index contributed by atoms with van der Waals surface area (Å²) in [5.74, 6) is 0.417. The fourth-order valence-electron chi connectivity index (χ4n) is 1.09. The van der Waals surface area contributed by atoms with E-state index >= 15 is 0 Å². The van der Waals surface area contributed by atoms with Crippen LogP contribution in [0.3, 0.4) is 0 Å². The summed E-state index contributed by atoms with van der Waals surface area (Å²) in [6.07, 6.45) is 11.4. The van der Waals surface area contributed by atoms with Crippen molar-refractivity contribution in [1.82, 2.24) is 30.0 Å². The van der Waals surface area contributed by atoms with Crippen LogP contribution in [-0.2, 0) is 65.4 Å². The first-order chi connectivity index (χ1) is 9.47. The molecule has 0 fully saturated rings. The third kappa shape index (κ3) is 7.86. The third-order valence-electron chi connectivity index (χ3n) is 2.27. The van der Waals surface area contributed by atoms with Crippen LogP contribution in [0.25, 0.3) is 11.5 Å². The van der Waals surface area contributed by atoms with E-state index in [1.807, 2.05) is 20.8 Å². The molecule has 0 spiro atoms. The van der Waals surface area contributed by atoms with Crippen molar-refractivity contribution in [2.75, 3.05) is 0 Å². The number of rotatable bonds is 2. The number of hydrogen-bond acceptors (Lipinski definition) is 5. The van der Waals surface area contributed by atoms with Crippen molar-refractivity contribution in [3.05, 3.63) is 35.9 Å². The first-order valence-electron chi connectivity index (χ1n) is 5.93. The van der Waals surface area contributed by atoms with Crippen LogP contribution in [0.2, 0.25) is 0 Å². The zero-order valence-electron chi connectivity index (χ0n) is 13.4. The SMILES string of the molecule is C[C-]=C(C)n1[c-]c(C)nn1.C[C-]=C(N)n1[c-]c(C)nn1.[Y].[Y]. The Hall–Kier alpha value is -0.232. The Morgan fingerprint density at radius 3 is 1.73 bits per heavy atom.